The number of hydrogen-bond donors (Lipinski definition) is 0. The topological polar surface area (TPSA) is 12.4 Å². The van der Waals surface area contributed by atoms with E-state index >= 15 is 0 Å². The number of nitrogens with zero attached hydrogens (tertiary/aromatic N) is 1. The van der Waals surface area contributed by atoms with Crippen LogP contribution < -0.4 is 0 Å². The van der Waals surface area contributed by atoms with Crippen LogP contribution in [0.4, 0.5) is 0 Å². The summed E-state index contributed by atoms with van der Waals surface area (Å²) in [5, 5.41) is 0. The predicted octanol–water partition coefficient (Wildman–Crippen LogP) is 2.95. The third-order valence-corrected chi connectivity index (χ3v) is 1.18. The molecule has 56 valence electrons. The van der Waals surface area contributed by atoms with Crippen LogP contribution in [0.15, 0.2) is 28.9 Å². The molecule has 0 aromatic heterocycles. The molecule has 0 bridgehead atoms. The highest BCUT2D eigenvalue weighted by Gasteiger charge is 1.86. The minimum atomic E-state index is 1.09. The maximum Gasteiger partial charge on any atom is 0.0292 e. The highest BCUT2D eigenvalue weighted by molar-refractivity contribution is 5.28. The molecule has 0 saturated carbocycles. The Kier molecular flexibility index (Phi) is 5.74. The van der Waals surface area contributed by atoms with E-state index in [2.05, 4.69) is 24.7 Å². The Hall–Kier alpha value is -0.850. The fourth-order valence-electron chi connectivity index (χ4n) is 0.811. The van der Waals surface area contributed by atoms with Crippen LogP contribution in [0.3, 0.4) is 0 Å². The summed E-state index contributed by atoms with van der Waals surface area (Å²) in [5.74, 6) is 0. The van der Waals surface area contributed by atoms with E-state index in [0.717, 1.165) is 12.8 Å². The molecule has 0 rings (SSSR count). The third kappa shape index (κ3) is 4.07. The molecule has 0 atom stereocenters. The molecule has 0 aromatic rings. The van der Waals surface area contributed by atoms with Crippen LogP contribution in [0, 0.1) is 0 Å². The Morgan fingerprint density at radius 1 is 1.60 bits per heavy atom. The fraction of sp³-hybridized carbons (Fsp3) is 0.444. The minimum Gasteiger partial charge on any atom is -0.272 e. The van der Waals surface area contributed by atoms with Crippen LogP contribution in [0.5, 0.6) is 0 Å². The molecule has 0 N–H and O–H groups in total. The lowest BCUT2D eigenvalue weighted by Gasteiger charge is -1.94. The molecule has 0 aliphatic rings. The number of aliphatic imine (C=N–C) groups is 1. The van der Waals surface area contributed by atoms with E-state index in [-0.39, 0.29) is 0 Å². The van der Waals surface area contributed by atoms with Crippen LogP contribution in [0.2, 0.25) is 0 Å². The molecule has 0 fully saturated rings. The maximum absolute atomic E-state index is 3.71. The lowest BCUT2D eigenvalue weighted by Crippen LogP contribution is -1.75. The molecule has 1 heteroatoms. The molecule has 1 nitrogen and oxygen atoms in total. The van der Waals surface area contributed by atoms with Gasteiger partial charge in [0.1, 0.15) is 0 Å². The van der Waals surface area contributed by atoms with Crippen LogP contribution >= 0.6 is 0 Å². The number of rotatable bonds is 4. The van der Waals surface area contributed by atoms with E-state index in [1.54, 1.807) is 0 Å². The van der Waals surface area contributed by atoms with E-state index in [0.29, 0.717) is 0 Å². The molecule has 0 aliphatic carbocycles. The molecule has 10 heavy (non-hydrogen) atoms. The van der Waals surface area contributed by atoms with Gasteiger partial charge < -0.3 is 0 Å². The Balaban J connectivity index is 3.96. The lowest BCUT2D eigenvalue weighted by atomic mass is 10.1. The van der Waals surface area contributed by atoms with E-state index in [4.69, 9.17) is 0 Å². The van der Waals surface area contributed by atoms with Crippen molar-refractivity contribution in [2.24, 2.45) is 4.99 Å². The first-order chi connectivity index (χ1) is 4.85. The summed E-state index contributed by atoms with van der Waals surface area (Å²) in [6.07, 6.45) is 8.14. The Bertz CT molecular complexity index is 143. The quantitative estimate of drug-likeness (QED) is 0.417. The molecular formula is C9H15N. The average molecular weight is 137 g/mol. The van der Waals surface area contributed by atoms with Gasteiger partial charge in [-0.2, -0.15) is 0 Å². The number of allylic oxidation sites excluding steroid dienone is 3. The van der Waals surface area contributed by atoms with Crippen molar-refractivity contribution in [1.29, 1.82) is 0 Å². The third-order valence-electron chi connectivity index (χ3n) is 1.18. The Morgan fingerprint density at radius 3 is 2.70 bits per heavy atom. The molecular weight excluding hydrogens is 122 g/mol. The summed E-state index contributed by atoms with van der Waals surface area (Å²) >= 11 is 0. The van der Waals surface area contributed by atoms with Gasteiger partial charge >= 0.3 is 0 Å². The summed E-state index contributed by atoms with van der Waals surface area (Å²) in [7, 11) is 0. The second kappa shape index (κ2) is 6.27. The van der Waals surface area contributed by atoms with Gasteiger partial charge in [0.05, 0.1) is 0 Å². The molecule has 0 aromatic carbocycles. The molecule has 0 amide bonds. The normalized spacial score (nSPS) is 12.4. The van der Waals surface area contributed by atoms with E-state index < -0.39 is 0 Å². The van der Waals surface area contributed by atoms with Crippen molar-refractivity contribution in [3.8, 4) is 0 Å². The van der Waals surface area contributed by atoms with Crippen molar-refractivity contribution < 1.29 is 0 Å². The Morgan fingerprint density at radius 2 is 2.30 bits per heavy atom. The minimum absolute atomic E-state index is 1.09. The summed E-state index contributed by atoms with van der Waals surface area (Å²) < 4.78 is 0. The molecule has 0 saturated heterocycles. The van der Waals surface area contributed by atoms with Crippen molar-refractivity contribution >= 4 is 6.72 Å². The summed E-state index contributed by atoms with van der Waals surface area (Å²) in [6.45, 7) is 7.56. The van der Waals surface area contributed by atoms with Crippen LogP contribution in [-0.4, -0.2) is 6.72 Å². The van der Waals surface area contributed by atoms with Gasteiger partial charge in [0, 0.05) is 6.20 Å². The van der Waals surface area contributed by atoms with Crippen LogP contribution in [0.1, 0.15) is 26.7 Å². The standard InChI is InChI=1S/C9H15N/c1-4-6-9(7-5-2)8-10-3/h4,6,8H,3,5,7H2,1-2H3/b6-4-,9-8+. The second-order valence-electron chi connectivity index (χ2n) is 2.14. The van der Waals surface area contributed by atoms with E-state index in [1.807, 2.05) is 19.2 Å². The van der Waals surface area contributed by atoms with Crippen molar-refractivity contribution in [3.63, 3.8) is 0 Å². The highest BCUT2D eigenvalue weighted by atomic mass is 14.6. The first kappa shape index (κ1) is 9.15. The van der Waals surface area contributed by atoms with Crippen molar-refractivity contribution in [1.82, 2.24) is 0 Å². The van der Waals surface area contributed by atoms with Gasteiger partial charge in [0.15, 0.2) is 0 Å². The summed E-state index contributed by atoms with van der Waals surface area (Å²) in [6, 6.07) is 0. The molecule has 0 heterocycles. The van der Waals surface area contributed by atoms with Crippen molar-refractivity contribution in [2.75, 3.05) is 0 Å². The largest absolute Gasteiger partial charge is 0.272 e. The van der Waals surface area contributed by atoms with Gasteiger partial charge in [-0.15, -0.1) is 0 Å². The van der Waals surface area contributed by atoms with Gasteiger partial charge in [-0.1, -0.05) is 25.5 Å². The van der Waals surface area contributed by atoms with Crippen LogP contribution in [-0.2, 0) is 0 Å². The molecule has 0 radical (unpaired) electrons. The first-order valence-electron chi connectivity index (χ1n) is 3.62. The van der Waals surface area contributed by atoms with Gasteiger partial charge in [-0.3, -0.25) is 4.99 Å². The zero-order valence-corrected chi connectivity index (χ0v) is 6.80. The van der Waals surface area contributed by atoms with E-state index in [1.165, 1.54) is 5.57 Å². The maximum atomic E-state index is 3.71. The average Bonchev–Trinajstić information content (AvgIpc) is 1.90. The highest BCUT2D eigenvalue weighted by Crippen LogP contribution is 2.05. The number of hydrogen-bond acceptors (Lipinski definition) is 1. The van der Waals surface area contributed by atoms with Crippen molar-refractivity contribution in [2.45, 2.75) is 26.7 Å². The SMILES string of the molecule is C=N/C=C(\C=C/C)CCC. The summed E-state index contributed by atoms with van der Waals surface area (Å²) in [4.78, 5) is 3.71. The van der Waals surface area contributed by atoms with Crippen LogP contribution in [0.25, 0.3) is 0 Å². The van der Waals surface area contributed by atoms with Gasteiger partial charge in [-0.05, 0) is 25.6 Å². The van der Waals surface area contributed by atoms with E-state index in [9.17, 15) is 0 Å². The molecule has 0 spiro atoms. The lowest BCUT2D eigenvalue weighted by molar-refractivity contribution is 0.922. The first-order valence-corrected chi connectivity index (χ1v) is 3.62. The predicted molar refractivity (Wildman–Crippen MR) is 47.4 cm³/mol. The van der Waals surface area contributed by atoms with Crippen molar-refractivity contribution in [3.05, 3.63) is 23.9 Å². The Labute approximate surface area is 63.2 Å². The monoisotopic (exact) mass is 137 g/mol. The zero-order chi connectivity index (χ0) is 7.82. The fourth-order valence-corrected chi connectivity index (χ4v) is 0.811. The molecule has 0 aliphatic heterocycles. The second-order valence-corrected chi connectivity index (χ2v) is 2.14. The smallest absolute Gasteiger partial charge is 0.0292 e. The molecule has 0 unspecified atom stereocenters. The van der Waals surface area contributed by atoms with Gasteiger partial charge in [0.25, 0.3) is 0 Å². The summed E-state index contributed by atoms with van der Waals surface area (Å²) in [5.41, 5.74) is 1.25. The van der Waals surface area contributed by atoms with Gasteiger partial charge in [0.2, 0.25) is 0 Å². The van der Waals surface area contributed by atoms with Gasteiger partial charge in [-0.25, -0.2) is 0 Å². The zero-order valence-electron chi connectivity index (χ0n) is 6.80.